The maximum Gasteiger partial charge on any atom is 0.182 e. The number of fused-ring (bicyclic) bond motifs is 9. The molecule has 58 heavy (non-hydrogen) atoms. The highest BCUT2D eigenvalue weighted by Gasteiger charge is 2.53. The Kier molecular flexibility index (Phi) is 7.70. The zero-order chi connectivity index (χ0) is 38.8. The number of rotatable bonds is 5. The molecular weight excluding hydrogens is 705 g/mol. The van der Waals surface area contributed by atoms with Gasteiger partial charge in [-0.1, -0.05) is 190 Å². The van der Waals surface area contributed by atoms with Crippen LogP contribution in [0.15, 0.2) is 194 Å². The van der Waals surface area contributed by atoms with Crippen molar-refractivity contribution in [1.29, 1.82) is 0 Å². The number of benzene rings is 7. The molecule has 0 amide bonds. The van der Waals surface area contributed by atoms with Gasteiger partial charge in [0, 0.05) is 33.9 Å². The van der Waals surface area contributed by atoms with Crippen LogP contribution < -0.4 is 0 Å². The number of hydrogen-bond acceptors (Lipinski definition) is 4. The number of nitrogens with zero attached hydrogens (tertiary/aromatic N) is 4. The average Bonchev–Trinajstić information content (AvgIpc) is 3.60. The summed E-state index contributed by atoms with van der Waals surface area (Å²) in [6.07, 6.45) is 1.82. The molecule has 2 aliphatic carbocycles. The van der Waals surface area contributed by atoms with E-state index in [9.17, 15) is 0 Å². The lowest BCUT2D eigenvalue weighted by molar-refractivity contribution is 0.563. The van der Waals surface area contributed by atoms with Gasteiger partial charge in [0.1, 0.15) is 11.4 Å². The van der Waals surface area contributed by atoms with Crippen LogP contribution in [-0.4, -0.2) is 20.2 Å². The molecule has 0 unspecified atom stereocenters. The molecule has 0 atom stereocenters. The predicted molar refractivity (Wildman–Crippen MR) is 234 cm³/mol. The second kappa shape index (κ2) is 13.1. The van der Waals surface area contributed by atoms with E-state index in [2.05, 4.69) is 189 Å². The maximum atomic E-state index is 5.47. The SMILES string of the molecule is CC1(C)c2ccccc2C2(c3ccccc3-c3c(-c4nnc(-c5ccc(-c6ccccn6)cc5)nc4-c4ccccc4-c4ccccc4)cccc32)c2ccccc21. The Bertz CT molecular complexity index is 2970. The smallest absolute Gasteiger partial charge is 0.182 e. The highest BCUT2D eigenvalue weighted by atomic mass is 15.2. The van der Waals surface area contributed by atoms with Gasteiger partial charge < -0.3 is 0 Å². The Morgan fingerprint density at radius 1 is 0.362 bits per heavy atom. The van der Waals surface area contributed by atoms with Crippen molar-refractivity contribution in [2.75, 3.05) is 0 Å². The molecule has 4 nitrogen and oxygen atoms in total. The molecule has 7 aromatic carbocycles. The van der Waals surface area contributed by atoms with Gasteiger partial charge in [0.2, 0.25) is 0 Å². The van der Waals surface area contributed by atoms with E-state index >= 15 is 0 Å². The van der Waals surface area contributed by atoms with Crippen LogP contribution in [0.3, 0.4) is 0 Å². The summed E-state index contributed by atoms with van der Waals surface area (Å²) in [6.45, 7) is 4.72. The summed E-state index contributed by atoms with van der Waals surface area (Å²) in [7, 11) is 0. The average molecular weight is 743 g/mol. The normalized spacial score (nSPS) is 14.0. The van der Waals surface area contributed by atoms with Crippen LogP contribution in [0, 0.1) is 0 Å². The van der Waals surface area contributed by atoms with Crippen molar-refractivity contribution in [3.8, 4) is 67.4 Å². The Hall–Kier alpha value is -7.30. The van der Waals surface area contributed by atoms with Crippen molar-refractivity contribution < 1.29 is 0 Å². The first-order valence-corrected chi connectivity index (χ1v) is 19.9. The van der Waals surface area contributed by atoms with Crippen molar-refractivity contribution in [3.05, 3.63) is 228 Å². The largest absolute Gasteiger partial charge is 0.256 e. The van der Waals surface area contributed by atoms with E-state index in [4.69, 9.17) is 15.2 Å². The lowest BCUT2D eigenvalue weighted by Crippen LogP contribution is -2.40. The molecule has 0 radical (unpaired) electrons. The minimum Gasteiger partial charge on any atom is -0.256 e. The standard InChI is InChI=1S/C54H38N4/c1-53(2)43-24-10-12-26-45(43)54(46-27-13-11-25-44(46)53)42-23-9-8-21-40(42)49-41(22-16-28-47(49)54)51-50(39-20-7-6-19-38(39)35-17-4-3-5-18-35)56-52(58-57-51)37-32-30-36(31-33-37)48-29-14-15-34-55-48/h3-34H,1-2H3. The Labute approximate surface area is 338 Å². The molecule has 1 spiro atoms. The van der Waals surface area contributed by atoms with Gasteiger partial charge in [-0.2, -0.15) is 0 Å². The molecule has 2 heterocycles. The third-order valence-corrected chi connectivity index (χ3v) is 12.4. The highest BCUT2D eigenvalue weighted by molar-refractivity contribution is 5.99. The zero-order valence-corrected chi connectivity index (χ0v) is 32.3. The Morgan fingerprint density at radius 2 is 0.914 bits per heavy atom. The molecule has 2 aromatic heterocycles. The number of hydrogen-bond donors (Lipinski definition) is 0. The van der Waals surface area contributed by atoms with Gasteiger partial charge in [-0.15, -0.1) is 10.2 Å². The molecular formula is C54H38N4. The topological polar surface area (TPSA) is 51.6 Å². The van der Waals surface area contributed by atoms with Crippen molar-refractivity contribution in [1.82, 2.24) is 20.2 Å². The quantitative estimate of drug-likeness (QED) is 0.176. The monoisotopic (exact) mass is 742 g/mol. The van der Waals surface area contributed by atoms with E-state index in [0.29, 0.717) is 5.82 Å². The maximum absolute atomic E-state index is 5.47. The predicted octanol–water partition coefficient (Wildman–Crippen LogP) is 12.6. The van der Waals surface area contributed by atoms with Gasteiger partial charge in [-0.3, -0.25) is 4.98 Å². The van der Waals surface area contributed by atoms with Crippen LogP contribution in [0.5, 0.6) is 0 Å². The first kappa shape index (κ1) is 34.0. The minimum atomic E-state index is -0.525. The molecule has 274 valence electrons. The molecule has 2 aliphatic rings. The third-order valence-electron chi connectivity index (χ3n) is 12.4. The molecule has 0 bridgehead atoms. The molecule has 0 N–H and O–H groups in total. The summed E-state index contributed by atoms with van der Waals surface area (Å²) in [4.78, 5) is 10.0. The van der Waals surface area contributed by atoms with Crippen LogP contribution >= 0.6 is 0 Å². The van der Waals surface area contributed by atoms with Crippen molar-refractivity contribution in [2.24, 2.45) is 0 Å². The van der Waals surface area contributed by atoms with Crippen LogP contribution in [0.2, 0.25) is 0 Å². The fourth-order valence-electron chi connectivity index (χ4n) is 9.81. The van der Waals surface area contributed by atoms with Gasteiger partial charge in [0.15, 0.2) is 5.82 Å². The van der Waals surface area contributed by atoms with Crippen molar-refractivity contribution in [3.63, 3.8) is 0 Å². The third kappa shape index (κ3) is 4.94. The van der Waals surface area contributed by atoms with Crippen LogP contribution in [-0.2, 0) is 10.8 Å². The molecule has 9 aromatic rings. The summed E-state index contributed by atoms with van der Waals surface area (Å²) >= 11 is 0. The van der Waals surface area contributed by atoms with E-state index < -0.39 is 5.41 Å². The van der Waals surface area contributed by atoms with Crippen molar-refractivity contribution in [2.45, 2.75) is 24.7 Å². The van der Waals surface area contributed by atoms with E-state index in [0.717, 1.165) is 50.5 Å². The zero-order valence-electron chi connectivity index (χ0n) is 32.3. The lowest BCUT2D eigenvalue weighted by atomic mass is 9.55. The van der Waals surface area contributed by atoms with E-state index in [-0.39, 0.29) is 5.41 Å². The lowest BCUT2D eigenvalue weighted by Gasteiger charge is -2.46. The molecule has 0 saturated carbocycles. The van der Waals surface area contributed by atoms with E-state index in [1.165, 1.54) is 44.5 Å². The molecule has 11 rings (SSSR count). The second-order valence-electron chi connectivity index (χ2n) is 15.8. The molecule has 4 heteroatoms. The highest BCUT2D eigenvalue weighted by Crippen LogP contribution is 2.63. The molecule has 0 fully saturated rings. The summed E-state index contributed by atoms with van der Waals surface area (Å²) in [5, 5.41) is 10.1. The molecule has 0 aliphatic heterocycles. The van der Waals surface area contributed by atoms with Crippen LogP contribution in [0.25, 0.3) is 67.4 Å². The summed E-state index contributed by atoms with van der Waals surface area (Å²) in [5.41, 5.74) is 18.1. The summed E-state index contributed by atoms with van der Waals surface area (Å²) in [6, 6.07) is 67.1. The first-order valence-electron chi connectivity index (χ1n) is 19.9. The molecule has 0 saturated heterocycles. The summed E-state index contributed by atoms with van der Waals surface area (Å²) in [5.74, 6) is 0.566. The van der Waals surface area contributed by atoms with Gasteiger partial charge in [0.05, 0.1) is 11.1 Å². The number of pyridine rings is 1. The summed E-state index contributed by atoms with van der Waals surface area (Å²) < 4.78 is 0. The fraction of sp³-hybridized carbons (Fsp3) is 0.0741. The van der Waals surface area contributed by atoms with Crippen LogP contribution in [0.4, 0.5) is 0 Å². The van der Waals surface area contributed by atoms with Gasteiger partial charge in [-0.25, -0.2) is 4.98 Å². The van der Waals surface area contributed by atoms with Gasteiger partial charge in [0.25, 0.3) is 0 Å². The van der Waals surface area contributed by atoms with E-state index in [1.54, 1.807) is 0 Å². The van der Waals surface area contributed by atoms with Crippen LogP contribution in [0.1, 0.15) is 47.2 Å². The minimum absolute atomic E-state index is 0.177. The Balaban J connectivity index is 1.18. The van der Waals surface area contributed by atoms with E-state index in [1.807, 2.05) is 24.4 Å². The number of aromatic nitrogens is 4. The van der Waals surface area contributed by atoms with Gasteiger partial charge >= 0.3 is 0 Å². The van der Waals surface area contributed by atoms with Gasteiger partial charge in [-0.05, 0) is 67.8 Å². The first-order chi connectivity index (χ1) is 28.5. The fourth-order valence-corrected chi connectivity index (χ4v) is 9.81. The van der Waals surface area contributed by atoms with Crippen molar-refractivity contribution >= 4 is 0 Å². The second-order valence-corrected chi connectivity index (χ2v) is 15.8. The Morgan fingerprint density at radius 3 is 1.60 bits per heavy atom.